The smallest absolute Gasteiger partial charge is 0.435 e. The number of ether oxygens (including phenoxy) is 1. The molecule has 1 N–H and O–H groups in total. The highest BCUT2D eigenvalue weighted by molar-refractivity contribution is 6.31. The van der Waals surface area contributed by atoms with E-state index >= 15 is 0 Å². The maximum Gasteiger partial charge on any atom is 0.435 e. The van der Waals surface area contributed by atoms with E-state index in [1.165, 1.54) is 44.5 Å². The maximum absolute atomic E-state index is 13.7. The van der Waals surface area contributed by atoms with Crippen molar-refractivity contribution >= 4 is 11.6 Å². The predicted molar refractivity (Wildman–Crippen MR) is 137 cm³/mol. The standard InChI is InChI=1S/C29H27ClF6N2O2/c1-38-22(10-24(37-38)29(34,35)36)19-3-5-23(40-14-27-11-15-6-16(12-27)8-17(7-15)13-27)25(26(19)39)18-2-4-21(30)20(9-18)28(31,32)33/h2-5,9-10,15-17,39H,6-8,11-14H2,1H3. The summed E-state index contributed by atoms with van der Waals surface area (Å²) in [5, 5.41) is 14.4. The van der Waals surface area contributed by atoms with E-state index in [2.05, 4.69) is 5.10 Å². The minimum atomic E-state index is -4.76. The molecular weight excluding hydrogens is 558 g/mol. The average molecular weight is 585 g/mol. The van der Waals surface area contributed by atoms with Gasteiger partial charge in [0.05, 0.1) is 28.5 Å². The van der Waals surface area contributed by atoms with E-state index in [1.807, 2.05) is 0 Å². The third kappa shape index (κ3) is 4.82. The highest BCUT2D eigenvalue weighted by Crippen LogP contribution is 2.60. The van der Waals surface area contributed by atoms with Crippen molar-refractivity contribution in [3.8, 4) is 33.9 Å². The summed E-state index contributed by atoms with van der Waals surface area (Å²) < 4.78 is 88.5. The van der Waals surface area contributed by atoms with Gasteiger partial charge in [-0.1, -0.05) is 17.7 Å². The van der Waals surface area contributed by atoms with E-state index in [1.54, 1.807) is 0 Å². The third-order valence-electron chi connectivity index (χ3n) is 8.85. The number of alkyl halides is 6. The summed E-state index contributed by atoms with van der Waals surface area (Å²) in [4.78, 5) is 0. The Labute approximate surface area is 231 Å². The van der Waals surface area contributed by atoms with Gasteiger partial charge in [0, 0.05) is 18.0 Å². The quantitative estimate of drug-likeness (QED) is 0.305. The van der Waals surface area contributed by atoms with Gasteiger partial charge in [0.15, 0.2) is 5.69 Å². The van der Waals surface area contributed by atoms with Crippen LogP contribution in [0.25, 0.3) is 22.4 Å². The molecule has 1 aromatic heterocycles. The van der Waals surface area contributed by atoms with Crippen LogP contribution >= 0.6 is 11.6 Å². The number of phenols is 1. The van der Waals surface area contributed by atoms with Crippen LogP contribution in [0.3, 0.4) is 0 Å². The van der Waals surface area contributed by atoms with Crippen molar-refractivity contribution < 1.29 is 36.2 Å². The minimum Gasteiger partial charge on any atom is -0.506 e. The number of halogens is 7. The van der Waals surface area contributed by atoms with Crippen LogP contribution in [0.5, 0.6) is 11.5 Å². The molecule has 0 unspecified atom stereocenters. The van der Waals surface area contributed by atoms with E-state index < -0.39 is 34.4 Å². The Hall–Kier alpha value is -2.88. The normalized spacial score (nSPS) is 25.9. The van der Waals surface area contributed by atoms with Gasteiger partial charge in [0.2, 0.25) is 0 Å². The number of phenolic OH excluding ortho intramolecular Hbond substituents is 1. The van der Waals surface area contributed by atoms with Crippen molar-refractivity contribution in [2.24, 2.45) is 30.2 Å². The monoisotopic (exact) mass is 584 g/mol. The van der Waals surface area contributed by atoms with Gasteiger partial charge in [-0.25, -0.2) is 0 Å². The van der Waals surface area contributed by atoms with Gasteiger partial charge >= 0.3 is 12.4 Å². The first-order valence-electron chi connectivity index (χ1n) is 13.2. The topological polar surface area (TPSA) is 47.3 Å². The largest absolute Gasteiger partial charge is 0.506 e. The van der Waals surface area contributed by atoms with Gasteiger partial charge in [-0.05, 0) is 92.2 Å². The molecule has 214 valence electrons. The Morgan fingerprint density at radius 2 is 1.57 bits per heavy atom. The van der Waals surface area contributed by atoms with Crippen molar-refractivity contribution in [2.75, 3.05) is 6.61 Å². The fourth-order valence-electron chi connectivity index (χ4n) is 7.63. The minimum absolute atomic E-state index is 0.0187. The van der Waals surface area contributed by atoms with Crippen LogP contribution < -0.4 is 4.74 Å². The van der Waals surface area contributed by atoms with E-state index in [0.29, 0.717) is 24.4 Å². The van der Waals surface area contributed by atoms with Crippen molar-refractivity contribution in [3.05, 3.63) is 52.7 Å². The molecule has 0 amide bonds. The summed E-state index contributed by atoms with van der Waals surface area (Å²) in [6, 6.07) is 6.93. The molecule has 4 nitrogen and oxygen atoms in total. The first-order valence-corrected chi connectivity index (χ1v) is 13.6. The fourth-order valence-corrected chi connectivity index (χ4v) is 7.86. The number of aryl methyl sites for hydroxylation is 1. The van der Waals surface area contributed by atoms with Crippen LogP contribution in [0.15, 0.2) is 36.4 Å². The number of hydrogen-bond donors (Lipinski definition) is 1. The second-order valence-corrected chi connectivity index (χ2v) is 12.2. The Balaban J connectivity index is 1.44. The molecule has 4 aliphatic carbocycles. The summed E-state index contributed by atoms with van der Waals surface area (Å²) in [6.07, 6.45) is -2.68. The summed E-state index contributed by atoms with van der Waals surface area (Å²) in [5.74, 6) is 1.62. The van der Waals surface area contributed by atoms with Crippen LogP contribution in [0.1, 0.15) is 49.8 Å². The fraction of sp³-hybridized carbons (Fsp3) is 0.483. The molecule has 40 heavy (non-hydrogen) atoms. The maximum atomic E-state index is 13.7. The van der Waals surface area contributed by atoms with Gasteiger partial charge in [0.25, 0.3) is 0 Å². The lowest BCUT2D eigenvalue weighted by Gasteiger charge is -2.56. The van der Waals surface area contributed by atoms with Gasteiger partial charge in [0.1, 0.15) is 11.5 Å². The highest BCUT2D eigenvalue weighted by atomic mass is 35.5. The number of benzene rings is 2. The molecule has 3 aromatic rings. The van der Waals surface area contributed by atoms with Crippen LogP contribution in [0.4, 0.5) is 26.3 Å². The average Bonchev–Trinajstić information content (AvgIpc) is 3.24. The number of aromatic hydroxyl groups is 1. The van der Waals surface area contributed by atoms with E-state index in [-0.39, 0.29) is 33.5 Å². The van der Waals surface area contributed by atoms with Crippen molar-refractivity contribution in [2.45, 2.75) is 50.9 Å². The van der Waals surface area contributed by atoms with Crippen LogP contribution in [0.2, 0.25) is 5.02 Å². The molecule has 4 bridgehead atoms. The Morgan fingerprint density at radius 1 is 0.950 bits per heavy atom. The summed E-state index contributed by atoms with van der Waals surface area (Å²) >= 11 is 5.85. The van der Waals surface area contributed by atoms with Gasteiger partial charge < -0.3 is 9.84 Å². The first kappa shape index (κ1) is 27.3. The third-order valence-corrected chi connectivity index (χ3v) is 9.17. The highest BCUT2D eigenvalue weighted by Gasteiger charge is 2.51. The molecule has 11 heteroatoms. The molecule has 4 saturated carbocycles. The molecule has 0 atom stereocenters. The molecule has 4 aliphatic rings. The SMILES string of the molecule is Cn1nc(C(F)(F)F)cc1-c1ccc(OCC23CC4CC(CC(C4)C2)C3)c(-c2ccc(Cl)c(C(F)(F)F)c2)c1O. The van der Waals surface area contributed by atoms with Crippen molar-refractivity contribution in [1.82, 2.24) is 9.78 Å². The zero-order valence-electron chi connectivity index (χ0n) is 21.5. The lowest BCUT2D eigenvalue weighted by molar-refractivity contribution is -0.141. The van der Waals surface area contributed by atoms with Crippen molar-refractivity contribution in [1.29, 1.82) is 0 Å². The lowest BCUT2D eigenvalue weighted by atomic mass is 9.50. The Bertz CT molecular complexity index is 1430. The first-order chi connectivity index (χ1) is 18.7. The van der Waals surface area contributed by atoms with Crippen molar-refractivity contribution in [3.63, 3.8) is 0 Å². The number of aromatic nitrogens is 2. The molecule has 7 rings (SSSR count). The molecule has 0 saturated heterocycles. The zero-order chi connectivity index (χ0) is 28.6. The molecule has 1 heterocycles. The molecule has 2 aromatic carbocycles. The van der Waals surface area contributed by atoms with E-state index in [0.717, 1.165) is 42.1 Å². The molecule has 0 spiro atoms. The van der Waals surface area contributed by atoms with Crippen LogP contribution in [-0.4, -0.2) is 21.5 Å². The van der Waals surface area contributed by atoms with Gasteiger partial charge in [-0.2, -0.15) is 31.4 Å². The second kappa shape index (κ2) is 9.33. The lowest BCUT2D eigenvalue weighted by Crippen LogP contribution is -2.48. The van der Waals surface area contributed by atoms with Crippen LogP contribution in [0, 0.1) is 23.2 Å². The molecule has 4 fully saturated rings. The molecular formula is C29H27ClF6N2O2. The van der Waals surface area contributed by atoms with E-state index in [4.69, 9.17) is 16.3 Å². The summed E-state index contributed by atoms with van der Waals surface area (Å²) in [5.41, 5.74) is -2.41. The van der Waals surface area contributed by atoms with Gasteiger partial charge in [-0.3, -0.25) is 4.68 Å². The number of hydrogen-bond acceptors (Lipinski definition) is 3. The van der Waals surface area contributed by atoms with Gasteiger partial charge in [-0.15, -0.1) is 0 Å². The van der Waals surface area contributed by atoms with Crippen LogP contribution in [-0.2, 0) is 19.4 Å². The Kier molecular flexibility index (Phi) is 6.36. The zero-order valence-corrected chi connectivity index (χ0v) is 22.3. The number of nitrogens with zero attached hydrogens (tertiary/aromatic N) is 2. The van der Waals surface area contributed by atoms with E-state index in [9.17, 15) is 31.4 Å². The Morgan fingerprint density at radius 3 is 2.12 bits per heavy atom. The molecule has 0 aliphatic heterocycles. The molecule has 0 radical (unpaired) electrons. The second-order valence-electron chi connectivity index (χ2n) is 11.8. The summed E-state index contributed by atoms with van der Waals surface area (Å²) in [7, 11) is 1.30. The summed E-state index contributed by atoms with van der Waals surface area (Å²) in [6.45, 7) is 0.353. The number of rotatable bonds is 5. The predicted octanol–water partition coefficient (Wildman–Crippen LogP) is 8.75.